The fraction of sp³-hybridized carbons (Fsp3) is 0.150. The van der Waals surface area contributed by atoms with Crippen LogP contribution in [0.4, 0.5) is 0 Å². The normalized spacial score (nSPS) is 10.0. The number of amides is 1. The Hall–Kier alpha value is -3.19. The largest absolute Gasteiger partial charge is 0.481 e. The van der Waals surface area contributed by atoms with E-state index >= 15 is 0 Å². The molecule has 0 saturated heterocycles. The lowest BCUT2D eigenvalue weighted by Crippen LogP contribution is -2.23. The van der Waals surface area contributed by atoms with Crippen molar-refractivity contribution in [3.05, 3.63) is 65.9 Å². The average molecular weight is 318 g/mol. The molecular formula is C20H18N2O2. The van der Waals surface area contributed by atoms with Crippen LogP contribution >= 0.6 is 0 Å². The smallest absolute Gasteiger partial charge is 0.254 e. The molecule has 0 aliphatic carbocycles. The molecular weight excluding hydrogens is 300 g/mol. The van der Waals surface area contributed by atoms with Crippen LogP contribution in [0, 0.1) is 18.8 Å². The van der Waals surface area contributed by atoms with Gasteiger partial charge in [0.2, 0.25) is 0 Å². The summed E-state index contributed by atoms with van der Waals surface area (Å²) in [5.74, 6) is 6.49. The summed E-state index contributed by atoms with van der Waals surface area (Å²) >= 11 is 0. The Bertz CT molecular complexity index is 916. The van der Waals surface area contributed by atoms with Gasteiger partial charge in [-0.15, -0.1) is 0 Å². The summed E-state index contributed by atoms with van der Waals surface area (Å²) in [7, 11) is 0. The fourth-order valence-electron chi connectivity index (χ4n) is 2.42. The number of carbonyl (C=O) groups excluding carboxylic acids is 1. The van der Waals surface area contributed by atoms with Crippen LogP contribution in [0.3, 0.4) is 0 Å². The van der Waals surface area contributed by atoms with Gasteiger partial charge in [0.15, 0.2) is 0 Å². The summed E-state index contributed by atoms with van der Waals surface area (Å²) in [4.78, 5) is 15.3. The van der Waals surface area contributed by atoms with Gasteiger partial charge < -0.3 is 15.0 Å². The Morgan fingerprint density at radius 3 is 2.79 bits per heavy atom. The molecule has 2 N–H and O–H groups in total. The second kappa shape index (κ2) is 7.38. The summed E-state index contributed by atoms with van der Waals surface area (Å²) in [6.45, 7) is 2.58. The third kappa shape index (κ3) is 3.58. The number of benzene rings is 2. The van der Waals surface area contributed by atoms with Gasteiger partial charge in [-0.1, -0.05) is 48.2 Å². The van der Waals surface area contributed by atoms with Gasteiger partial charge in [0.25, 0.3) is 5.91 Å². The van der Waals surface area contributed by atoms with Gasteiger partial charge >= 0.3 is 0 Å². The number of aromatic amines is 1. The van der Waals surface area contributed by atoms with Crippen molar-refractivity contribution in [1.82, 2.24) is 10.3 Å². The van der Waals surface area contributed by atoms with Gasteiger partial charge in [0, 0.05) is 17.1 Å². The molecule has 0 saturated carbocycles. The number of para-hydroxylation sites is 2. The van der Waals surface area contributed by atoms with E-state index in [4.69, 9.17) is 4.74 Å². The molecule has 1 amide bonds. The molecule has 3 rings (SSSR count). The number of nitrogens with one attached hydrogen (secondary N) is 2. The van der Waals surface area contributed by atoms with E-state index in [-0.39, 0.29) is 12.5 Å². The average Bonchev–Trinajstić information content (AvgIpc) is 3.03. The van der Waals surface area contributed by atoms with Crippen LogP contribution in [-0.2, 0) is 0 Å². The number of aromatic nitrogens is 1. The molecule has 1 heterocycles. The van der Waals surface area contributed by atoms with E-state index in [1.807, 2.05) is 55.5 Å². The van der Waals surface area contributed by atoms with Crippen LogP contribution < -0.4 is 10.1 Å². The second-order valence-corrected chi connectivity index (χ2v) is 5.34. The lowest BCUT2D eigenvalue weighted by Gasteiger charge is -2.04. The maximum Gasteiger partial charge on any atom is 0.254 e. The van der Waals surface area contributed by atoms with E-state index < -0.39 is 0 Å². The number of ether oxygens (including phenoxy) is 1. The third-order valence-electron chi connectivity index (χ3n) is 3.69. The topological polar surface area (TPSA) is 54.1 Å². The number of hydrogen-bond acceptors (Lipinski definition) is 2. The highest BCUT2D eigenvalue weighted by atomic mass is 16.5. The van der Waals surface area contributed by atoms with Crippen LogP contribution in [0.5, 0.6) is 5.75 Å². The zero-order chi connectivity index (χ0) is 16.8. The molecule has 0 aliphatic rings. The van der Waals surface area contributed by atoms with Crippen LogP contribution in [0.1, 0.15) is 15.9 Å². The van der Waals surface area contributed by atoms with E-state index in [1.54, 1.807) is 6.20 Å². The van der Waals surface area contributed by atoms with Crippen molar-refractivity contribution in [3.63, 3.8) is 0 Å². The van der Waals surface area contributed by atoms with Gasteiger partial charge in [-0.3, -0.25) is 4.79 Å². The van der Waals surface area contributed by atoms with Gasteiger partial charge in [-0.25, -0.2) is 0 Å². The molecule has 24 heavy (non-hydrogen) atoms. The minimum Gasteiger partial charge on any atom is -0.481 e. The first kappa shape index (κ1) is 15.7. The quantitative estimate of drug-likeness (QED) is 0.725. The molecule has 0 radical (unpaired) electrons. The predicted octanol–water partition coefficient (Wildman–Crippen LogP) is 3.29. The molecule has 0 fully saturated rings. The summed E-state index contributed by atoms with van der Waals surface area (Å²) in [6, 6.07) is 15.5. The van der Waals surface area contributed by atoms with Gasteiger partial charge in [0.1, 0.15) is 12.4 Å². The highest BCUT2D eigenvalue weighted by Crippen LogP contribution is 2.17. The van der Waals surface area contributed by atoms with Crippen molar-refractivity contribution >= 4 is 16.8 Å². The second-order valence-electron chi connectivity index (χ2n) is 5.34. The molecule has 4 nitrogen and oxygen atoms in total. The van der Waals surface area contributed by atoms with Crippen LogP contribution in [0.2, 0.25) is 0 Å². The van der Waals surface area contributed by atoms with Crippen molar-refractivity contribution in [1.29, 1.82) is 0 Å². The van der Waals surface area contributed by atoms with Crippen molar-refractivity contribution < 1.29 is 9.53 Å². The van der Waals surface area contributed by atoms with Crippen molar-refractivity contribution in [2.75, 3.05) is 13.2 Å². The van der Waals surface area contributed by atoms with Crippen LogP contribution in [-0.4, -0.2) is 24.0 Å². The first-order valence-corrected chi connectivity index (χ1v) is 7.74. The van der Waals surface area contributed by atoms with Crippen molar-refractivity contribution in [2.24, 2.45) is 0 Å². The highest BCUT2D eigenvalue weighted by Gasteiger charge is 2.10. The molecule has 0 spiro atoms. The standard InChI is InChI=1S/C20H18N2O2/c1-15-8-2-5-11-19(15)24-13-7-6-12-21-20(23)17-14-22-18-10-4-3-9-16(17)18/h2-5,8-11,14,22H,12-13H2,1H3,(H,21,23). The minimum atomic E-state index is -0.137. The number of rotatable bonds is 4. The van der Waals surface area contributed by atoms with Crippen LogP contribution in [0.25, 0.3) is 10.9 Å². The summed E-state index contributed by atoms with van der Waals surface area (Å²) in [5, 5.41) is 3.71. The Kier molecular flexibility index (Phi) is 4.83. The van der Waals surface area contributed by atoms with Crippen LogP contribution in [0.15, 0.2) is 54.7 Å². The molecule has 120 valence electrons. The molecule has 2 aromatic carbocycles. The maximum absolute atomic E-state index is 12.2. The Balaban J connectivity index is 1.50. The molecule has 3 aromatic rings. The molecule has 0 unspecified atom stereocenters. The van der Waals surface area contributed by atoms with Crippen molar-refractivity contribution in [2.45, 2.75) is 6.92 Å². The Morgan fingerprint density at radius 1 is 1.12 bits per heavy atom. The predicted molar refractivity (Wildman–Crippen MR) is 95.1 cm³/mol. The summed E-state index contributed by atoms with van der Waals surface area (Å²) in [6.07, 6.45) is 1.72. The molecule has 0 bridgehead atoms. The molecule has 0 atom stereocenters. The number of carbonyl (C=O) groups is 1. The third-order valence-corrected chi connectivity index (χ3v) is 3.69. The SMILES string of the molecule is Cc1ccccc1OCC#CCNC(=O)c1c[nH]c2ccccc12. The van der Waals surface area contributed by atoms with E-state index in [0.717, 1.165) is 22.2 Å². The Morgan fingerprint density at radius 2 is 1.92 bits per heavy atom. The number of fused-ring (bicyclic) bond motifs is 1. The highest BCUT2D eigenvalue weighted by molar-refractivity contribution is 6.06. The van der Waals surface area contributed by atoms with Gasteiger partial charge in [-0.05, 0) is 24.6 Å². The fourth-order valence-corrected chi connectivity index (χ4v) is 2.42. The van der Waals surface area contributed by atoms with E-state index in [1.165, 1.54) is 0 Å². The monoisotopic (exact) mass is 318 g/mol. The van der Waals surface area contributed by atoms with E-state index in [2.05, 4.69) is 22.1 Å². The number of aryl methyl sites for hydroxylation is 1. The van der Waals surface area contributed by atoms with Gasteiger partial charge in [0.05, 0.1) is 12.1 Å². The summed E-state index contributed by atoms with van der Waals surface area (Å²) in [5.41, 5.74) is 2.65. The van der Waals surface area contributed by atoms with Gasteiger partial charge in [-0.2, -0.15) is 0 Å². The minimum absolute atomic E-state index is 0.137. The van der Waals surface area contributed by atoms with E-state index in [9.17, 15) is 4.79 Å². The molecule has 0 aliphatic heterocycles. The Labute approximate surface area is 140 Å². The maximum atomic E-state index is 12.2. The van der Waals surface area contributed by atoms with E-state index in [0.29, 0.717) is 12.2 Å². The van der Waals surface area contributed by atoms with Crippen molar-refractivity contribution in [3.8, 4) is 17.6 Å². The summed E-state index contributed by atoms with van der Waals surface area (Å²) < 4.78 is 5.58. The number of H-pyrrole nitrogens is 1. The first-order chi connectivity index (χ1) is 11.8. The molecule has 1 aromatic heterocycles. The lowest BCUT2D eigenvalue weighted by atomic mass is 10.1. The zero-order valence-electron chi connectivity index (χ0n) is 13.4. The zero-order valence-corrected chi connectivity index (χ0v) is 13.4. The number of hydrogen-bond donors (Lipinski definition) is 2. The lowest BCUT2D eigenvalue weighted by molar-refractivity contribution is 0.0960. The molecule has 4 heteroatoms. The first-order valence-electron chi connectivity index (χ1n) is 7.74.